The molecule has 0 aliphatic heterocycles. The van der Waals surface area contributed by atoms with Crippen molar-refractivity contribution in [2.75, 3.05) is 11.9 Å². The van der Waals surface area contributed by atoms with Crippen LogP contribution in [0.3, 0.4) is 0 Å². The molecule has 0 radical (unpaired) electrons. The average molecular weight is 289 g/mol. The van der Waals surface area contributed by atoms with Crippen LogP contribution in [0.4, 0.5) is 5.82 Å². The molecule has 0 aliphatic carbocycles. The van der Waals surface area contributed by atoms with Crippen molar-refractivity contribution >= 4 is 39.6 Å². The molecule has 6 heteroatoms. The summed E-state index contributed by atoms with van der Waals surface area (Å²) >= 11 is 2.08. The quantitative estimate of drug-likeness (QED) is 0.647. The first-order valence-electron chi connectivity index (χ1n) is 3.91. The molecule has 0 atom stereocenters. The van der Waals surface area contributed by atoms with Crippen molar-refractivity contribution < 1.29 is 0 Å². The molecule has 0 unspecified atom stereocenters. The van der Waals surface area contributed by atoms with Crippen LogP contribution < -0.4 is 5.32 Å². The maximum atomic E-state index is 4.25. The van der Waals surface area contributed by atoms with Crippen LogP contribution in [0.15, 0.2) is 6.33 Å². The van der Waals surface area contributed by atoms with E-state index in [2.05, 4.69) is 47.8 Å². The first kappa shape index (κ1) is 8.67. The number of H-pyrrole nitrogens is 1. The van der Waals surface area contributed by atoms with E-state index < -0.39 is 0 Å². The van der Waals surface area contributed by atoms with Gasteiger partial charge in [0.2, 0.25) is 0 Å². The van der Waals surface area contributed by atoms with Crippen LogP contribution in [0.2, 0.25) is 0 Å². The molecule has 0 aliphatic rings. The van der Waals surface area contributed by atoms with E-state index in [-0.39, 0.29) is 0 Å². The van der Waals surface area contributed by atoms with Gasteiger partial charge in [-0.1, -0.05) is 0 Å². The summed E-state index contributed by atoms with van der Waals surface area (Å²) in [6.45, 7) is 2.85. The van der Waals surface area contributed by atoms with Crippen LogP contribution in [0, 0.1) is 3.83 Å². The van der Waals surface area contributed by atoms with Gasteiger partial charge in [-0.15, -0.1) is 0 Å². The lowest BCUT2D eigenvalue weighted by Gasteiger charge is -2.02. The van der Waals surface area contributed by atoms with Crippen molar-refractivity contribution in [1.82, 2.24) is 19.9 Å². The van der Waals surface area contributed by atoms with Crippen LogP contribution in [0.5, 0.6) is 0 Å². The summed E-state index contributed by atoms with van der Waals surface area (Å²) < 4.78 is 0.713. The van der Waals surface area contributed by atoms with Crippen LogP contribution in [0.1, 0.15) is 6.92 Å². The van der Waals surface area contributed by atoms with Gasteiger partial charge < -0.3 is 10.3 Å². The highest BCUT2D eigenvalue weighted by Gasteiger charge is 2.06. The number of aromatic nitrogens is 4. The normalized spacial score (nSPS) is 10.6. The molecule has 5 nitrogen and oxygen atoms in total. The fourth-order valence-corrected chi connectivity index (χ4v) is 1.58. The lowest BCUT2D eigenvalue weighted by molar-refractivity contribution is 1.10. The van der Waals surface area contributed by atoms with Gasteiger partial charge in [0.05, 0.1) is 6.33 Å². The first-order chi connectivity index (χ1) is 6.31. The second-order valence-corrected chi connectivity index (χ2v) is 3.44. The minimum Gasteiger partial charge on any atom is -0.368 e. The third kappa shape index (κ3) is 1.58. The third-order valence-electron chi connectivity index (χ3n) is 1.60. The highest BCUT2D eigenvalue weighted by molar-refractivity contribution is 14.1. The Morgan fingerprint density at radius 3 is 3.15 bits per heavy atom. The third-order valence-corrected chi connectivity index (χ3v) is 2.08. The topological polar surface area (TPSA) is 66.5 Å². The van der Waals surface area contributed by atoms with Gasteiger partial charge in [-0.3, -0.25) is 0 Å². The molecular weight excluding hydrogens is 281 g/mol. The van der Waals surface area contributed by atoms with E-state index in [1.807, 2.05) is 6.92 Å². The Balaban J connectivity index is 2.63. The molecule has 68 valence electrons. The molecule has 2 rings (SSSR count). The molecule has 2 N–H and O–H groups in total. The van der Waals surface area contributed by atoms with Crippen LogP contribution in [-0.2, 0) is 0 Å². The summed E-state index contributed by atoms with van der Waals surface area (Å²) in [6, 6.07) is 0. The summed E-state index contributed by atoms with van der Waals surface area (Å²) in [4.78, 5) is 15.5. The number of aromatic amines is 1. The number of imidazole rings is 1. The number of halogens is 1. The molecule has 0 bridgehead atoms. The smallest absolute Gasteiger partial charge is 0.194 e. The van der Waals surface area contributed by atoms with Crippen LogP contribution >= 0.6 is 22.6 Å². The van der Waals surface area contributed by atoms with Gasteiger partial charge in [-0.2, -0.15) is 0 Å². The van der Waals surface area contributed by atoms with Gasteiger partial charge >= 0.3 is 0 Å². The van der Waals surface area contributed by atoms with Crippen molar-refractivity contribution in [2.45, 2.75) is 6.92 Å². The molecule has 0 aromatic carbocycles. The Labute approximate surface area is 88.5 Å². The predicted octanol–water partition coefficient (Wildman–Crippen LogP) is 1.39. The Kier molecular flexibility index (Phi) is 2.30. The minimum absolute atomic E-state index is 0.713. The van der Waals surface area contributed by atoms with E-state index in [1.165, 1.54) is 0 Å². The fourth-order valence-electron chi connectivity index (χ4n) is 1.10. The predicted molar refractivity (Wildman–Crippen MR) is 58.6 cm³/mol. The molecule has 0 saturated heterocycles. The van der Waals surface area contributed by atoms with Gasteiger partial charge in [-0.05, 0) is 6.92 Å². The fraction of sp³-hybridized carbons (Fsp3) is 0.286. The highest BCUT2D eigenvalue weighted by Crippen LogP contribution is 2.16. The van der Waals surface area contributed by atoms with Gasteiger partial charge in [-0.25, -0.2) is 15.0 Å². The lowest BCUT2D eigenvalue weighted by atomic mass is 10.5. The number of hydrogen-bond donors (Lipinski definition) is 2. The Hall–Kier alpha value is -0.920. The van der Waals surface area contributed by atoms with E-state index >= 15 is 0 Å². The molecule has 13 heavy (non-hydrogen) atoms. The lowest BCUT2D eigenvalue weighted by Crippen LogP contribution is -2.02. The molecule has 0 fully saturated rings. The zero-order valence-electron chi connectivity index (χ0n) is 7.00. The van der Waals surface area contributed by atoms with E-state index in [1.54, 1.807) is 6.33 Å². The number of nitrogens with zero attached hydrogens (tertiary/aromatic N) is 3. The van der Waals surface area contributed by atoms with Crippen molar-refractivity contribution in [1.29, 1.82) is 0 Å². The van der Waals surface area contributed by atoms with Gasteiger partial charge in [0.15, 0.2) is 15.3 Å². The van der Waals surface area contributed by atoms with Crippen molar-refractivity contribution in [3.63, 3.8) is 0 Å². The number of fused-ring (bicyclic) bond motifs is 1. The van der Waals surface area contributed by atoms with Crippen molar-refractivity contribution in [2.24, 2.45) is 0 Å². The molecular formula is C7H8IN5. The summed E-state index contributed by atoms with van der Waals surface area (Å²) in [6.07, 6.45) is 1.62. The summed E-state index contributed by atoms with van der Waals surface area (Å²) in [5.41, 5.74) is 1.57. The first-order valence-corrected chi connectivity index (χ1v) is 4.99. The second kappa shape index (κ2) is 3.44. The number of anilines is 1. The van der Waals surface area contributed by atoms with E-state index in [4.69, 9.17) is 0 Å². The Morgan fingerprint density at radius 1 is 1.54 bits per heavy atom. The van der Waals surface area contributed by atoms with Gasteiger partial charge in [0.25, 0.3) is 0 Å². The van der Waals surface area contributed by atoms with Crippen LogP contribution in [0.25, 0.3) is 11.2 Å². The number of hydrogen-bond acceptors (Lipinski definition) is 4. The van der Waals surface area contributed by atoms with E-state index in [0.29, 0.717) is 3.83 Å². The van der Waals surface area contributed by atoms with Crippen molar-refractivity contribution in [3.8, 4) is 0 Å². The molecule has 2 heterocycles. The van der Waals surface area contributed by atoms with Gasteiger partial charge in [0, 0.05) is 29.1 Å². The molecule has 0 amide bonds. The minimum atomic E-state index is 0.713. The highest BCUT2D eigenvalue weighted by atomic mass is 127. The SMILES string of the molecule is CCNc1nc(I)nc2[nH]cnc12. The number of rotatable bonds is 2. The monoisotopic (exact) mass is 289 g/mol. The van der Waals surface area contributed by atoms with Crippen molar-refractivity contribution in [3.05, 3.63) is 10.2 Å². The summed E-state index contributed by atoms with van der Waals surface area (Å²) in [7, 11) is 0. The maximum Gasteiger partial charge on any atom is 0.194 e. The summed E-state index contributed by atoms with van der Waals surface area (Å²) in [5.74, 6) is 0.790. The largest absolute Gasteiger partial charge is 0.368 e. The Bertz CT molecular complexity index is 424. The number of nitrogens with one attached hydrogen (secondary N) is 2. The Morgan fingerprint density at radius 2 is 2.38 bits per heavy atom. The second-order valence-electron chi connectivity index (χ2n) is 2.47. The summed E-state index contributed by atoms with van der Waals surface area (Å²) in [5, 5.41) is 3.14. The van der Waals surface area contributed by atoms with Crippen LogP contribution in [-0.4, -0.2) is 26.5 Å². The zero-order valence-corrected chi connectivity index (χ0v) is 9.16. The molecule has 2 aromatic rings. The molecule has 0 spiro atoms. The molecule has 2 aromatic heterocycles. The van der Waals surface area contributed by atoms with E-state index in [9.17, 15) is 0 Å². The average Bonchev–Trinajstić information content (AvgIpc) is 2.52. The standard InChI is InChI=1S/C7H8IN5/c1-2-9-5-4-6(11-3-10-4)13-7(8)12-5/h3H,2H2,1H3,(H2,9,10,11,12,13). The zero-order chi connectivity index (χ0) is 9.26. The maximum absolute atomic E-state index is 4.25. The molecule has 0 saturated carbocycles. The van der Waals surface area contributed by atoms with E-state index in [0.717, 1.165) is 23.5 Å². The van der Waals surface area contributed by atoms with Gasteiger partial charge in [0.1, 0.15) is 5.52 Å².